The van der Waals surface area contributed by atoms with Crippen LogP contribution < -0.4 is 5.32 Å². The molecular formula is C10H21N5O. The van der Waals surface area contributed by atoms with Crippen LogP contribution in [0.5, 0.6) is 0 Å². The highest BCUT2D eigenvalue weighted by Crippen LogP contribution is 1.89. The molecule has 92 valence electrons. The maximum Gasteiger partial charge on any atom is 0.146 e. The Morgan fingerprint density at radius 2 is 2.31 bits per heavy atom. The minimum Gasteiger partial charge on any atom is -0.383 e. The summed E-state index contributed by atoms with van der Waals surface area (Å²) in [5, 5.41) is 11.2. The molecule has 0 aliphatic rings. The molecular weight excluding hydrogens is 206 g/mol. The fraction of sp³-hybridized carbons (Fsp3) is 0.800. The van der Waals surface area contributed by atoms with Gasteiger partial charge in [-0.15, -0.1) is 10.2 Å². The van der Waals surface area contributed by atoms with Crippen LogP contribution >= 0.6 is 0 Å². The number of nitrogens with one attached hydrogen (secondary N) is 1. The van der Waals surface area contributed by atoms with Gasteiger partial charge >= 0.3 is 0 Å². The largest absolute Gasteiger partial charge is 0.383 e. The number of ether oxygens (including phenoxy) is 1. The first kappa shape index (κ1) is 13.1. The van der Waals surface area contributed by atoms with Gasteiger partial charge in [-0.3, -0.25) is 0 Å². The van der Waals surface area contributed by atoms with Crippen LogP contribution in [0.4, 0.5) is 0 Å². The van der Waals surface area contributed by atoms with Gasteiger partial charge in [0.05, 0.1) is 13.2 Å². The fourth-order valence-corrected chi connectivity index (χ4v) is 1.30. The number of hydrogen-bond donors (Lipinski definition) is 1. The van der Waals surface area contributed by atoms with E-state index in [1.165, 1.54) is 0 Å². The summed E-state index contributed by atoms with van der Waals surface area (Å²) < 4.78 is 6.93. The topological polar surface area (TPSA) is 55.2 Å². The Balaban J connectivity index is 2.06. The second-order valence-corrected chi connectivity index (χ2v) is 3.83. The summed E-state index contributed by atoms with van der Waals surface area (Å²) in [6, 6.07) is 0. The Morgan fingerprint density at radius 3 is 2.94 bits per heavy atom. The zero-order valence-electron chi connectivity index (χ0n) is 10.3. The van der Waals surface area contributed by atoms with Crippen molar-refractivity contribution in [3.63, 3.8) is 0 Å². The van der Waals surface area contributed by atoms with Crippen molar-refractivity contribution in [3.8, 4) is 0 Å². The Hall–Kier alpha value is -0.980. The average Bonchev–Trinajstić information content (AvgIpc) is 2.67. The molecule has 1 rings (SSSR count). The summed E-state index contributed by atoms with van der Waals surface area (Å²) in [5.41, 5.74) is 0. The first-order valence-corrected chi connectivity index (χ1v) is 5.45. The van der Waals surface area contributed by atoms with Gasteiger partial charge < -0.3 is 19.5 Å². The van der Waals surface area contributed by atoms with E-state index in [1.807, 2.05) is 11.6 Å². The van der Waals surface area contributed by atoms with E-state index in [0.29, 0.717) is 0 Å². The lowest BCUT2D eigenvalue weighted by molar-refractivity contribution is 0.161. The normalized spacial score (nSPS) is 11.2. The standard InChI is InChI=1S/C10H21N5O/c1-14(6-7-16-3)5-4-11-8-10-13-12-9-15(10)2/h9,11H,4-8H2,1-3H3. The minimum absolute atomic E-state index is 0.759. The number of nitrogens with zero attached hydrogens (tertiary/aromatic N) is 4. The summed E-state index contributed by atoms with van der Waals surface area (Å²) in [6.07, 6.45) is 1.71. The number of hydrogen-bond acceptors (Lipinski definition) is 5. The number of aromatic nitrogens is 3. The zero-order chi connectivity index (χ0) is 11.8. The first-order chi connectivity index (χ1) is 7.74. The van der Waals surface area contributed by atoms with Gasteiger partial charge in [0.25, 0.3) is 0 Å². The third kappa shape index (κ3) is 4.69. The molecule has 0 aliphatic carbocycles. The minimum atomic E-state index is 0.759. The molecule has 1 N–H and O–H groups in total. The monoisotopic (exact) mass is 227 g/mol. The molecule has 0 unspecified atom stereocenters. The van der Waals surface area contributed by atoms with Gasteiger partial charge in [-0.2, -0.15) is 0 Å². The van der Waals surface area contributed by atoms with Crippen molar-refractivity contribution < 1.29 is 4.74 Å². The molecule has 0 saturated carbocycles. The van der Waals surface area contributed by atoms with Crippen LogP contribution in [0, 0.1) is 0 Å². The van der Waals surface area contributed by atoms with Crippen molar-refractivity contribution in [2.24, 2.45) is 7.05 Å². The third-order valence-corrected chi connectivity index (χ3v) is 2.44. The van der Waals surface area contributed by atoms with Crippen molar-refractivity contribution in [1.82, 2.24) is 25.0 Å². The van der Waals surface area contributed by atoms with E-state index in [-0.39, 0.29) is 0 Å². The smallest absolute Gasteiger partial charge is 0.146 e. The lowest BCUT2D eigenvalue weighted by Crippen LogP contribution is -2.31. The van der Waals surface area contributed by atoms with Crippen LogP contribution in [0.1, 0.15) is 5.82 Å². The van der Waals surface area contributed by atoms with E-state index >= 15 is 0 Å². The highest BCUT2D eigenvalue weighted by molar-refractivity contribution is 4.82. The van der Waals surface area contributed by atoms with Gasteiger partial charge in [0, 0.05) is 33.8 Å². The molecule has 6 nitrogen and oxygen atoms in total. The van der Waals surface area contributed by atoms with E-state index < -0.39 is 0 Å². The maximum atomic E-state index is 5.01. The Bertz CT molecular complexity index is 288. The third-order valence-electron chi connectivity index (χ3n) is 2.44. The van der Waals surface area contributed by atoms with Gasteiger partial charge in [0.15, 0.2) is 0 Å². The molecule has 0 amide bonds. The lowest BCUT2D eigenvalue weighted by atomic mass is 10.5. The molecule has 6 heteroatoms. The molecule has 0 atom stereocenters. The summed E-state index contributed by atoms with van der Waals surface area (Å²) in [5.74, 6) is 0.958. The van der Waals surface area contributed by atoms with Crippen LogP contribution in [0.15, 0.2) is 6.33 Å². The van der Waals surface area contributed by atoms with Crippen molar-refractivity contribution >= 4 is 0 Å². The second-order valence-electron chi connectivity index (χ2n) is 3.83. The fourth-order valence-electron chi connectivity index (χ4n) is 1.30. The molecule has 0 aromatic carbocycles. The second kappa shape index (κ2) is 7.32. The van der Waals surface area contributed by atoms with Gasteiger partial charge in [0.2, 0.25) is 0 Å². The van der Waals surface area contributed by atoms with E-state index in [0.717, 1.165) is 38.6 Å². The molecule has 0 spiro atoms. The van der Waals surface area contributed by atoms with Crippen LogP contribution in [0.2, 0.25) is 0 Å². The Morgan fingerprint density at radius 1 is 1.50 bits per heavy atom. The van der Waals surface area contributed by atoms with Crippen LogP contribution in [0.25, 0.3) is 0 Å². The van der Waals surface area contributed by atoms with E-state index in [9.17, 15) is 0 Å². The van der Waals surface area contributed by atoms with Gasteiger partial charge in [-0.25, -0.2) is 0 Å². The highest BCUT2D eigenvalue weighted by Gasteiger charge is 2.00. The summed E-state index contributed by atoms with van der Waals surface area (Å²) in [4.78, 5) is 2.23. The van der Waals surface area contributed by atoms with Crippen molar-refractivity contribution in [2.75, 3.05) is 40.4 Å². The predicted molar refractivity (Wildman–Crippen MR) is 62.1 cm³/mol. The maximum absolute atomic E-state index is 5.01. The highest BCUT2D eigenvalue weighted by atomic mass is 16.5. The van der Waals surface area contributed by atoms with E-state index in [2.05, 4.69) is 27.5 Å². The summed E-state index contributed by atoms with van der Waals surface area (Å²) in [6.45, 7) is 4.44. The predicted octanol–water partition coefficient (Wildman–Crippen LogP) is -0.517. The van der Waals surface area contributed by atoms with Crippen molar-refractivity contribution in [3.05, 3.63) is 12.2 Å². The molecule has 16 heavy (non-hydrogen) atoms. The molecule has 0 fully saturated rings. The van der Waals surface area contributed by atoms with E-state index in [4.69, 9.17) is 4.74 Å². The van der Waals surface area contributed by atoms with Gasteiger partial charge in [-0.05, 0) is 7.05 Å². The van der Waals surface area contributed by atoms with E-state index in [1.54, 1.807) is 13.4 Å². The van der Waals surface area contributed by atoms with Crippen LogP contribution in [0.3, 0.4) is 0 Å². The molecule has 0 saturated heterocycles. The average molecular weight is 227 g/mol. The van der Waals surface area contributed by atoms with Gasteiger partial charge in [0.1, 0.15) is 12.2 Å². The number of likely N-dealkylation sites (N-methyl/N-ethyl adjacent to an activating group) is 1. The summed E-state index contributed by atoms with van der Waals surface area (Å²) in [7, 11) is 5.75. The van der Waals surface area contributed by atoms with Crippen molar-refractivity contribution in [1.29, 1.82) is 0 Å². The molecule has 1 aromatic heterocycles. The van der Waals surface area contributed by atoms with Crippen LogP contribution in [-0.2, 0) is 18.3 Å². The molecule has 1 heterocycles. The molecule has 0 bridgehead atoms. The number of methoxy groups -OCH3 is 1. The Labute approximate surface area is 96.6 Å². The lowest BCUT2D eigenvalue weighted by Gasteiger charge is -2.15. The number of rotatable bonds is 8. The first-order valence-electron chi connectivity index (χ1n) is 5.45. The Kier molecular flexibility index (Phi) is 5.99. The quantitative estimate of drug-likeness (QED) is 0.606. The van der Waals surface area contributed by atoms with Crippen molar-refractivity contribution in [2.45, 2.75) is 6.54 Å². The zero-order valence-corrected chi connectivity index (χ0v) is 10.3. The molecule has 0 radical (unpaired) electrons. The van der Waals surface area contributed by atoms with Gasteiger partial charge in [-0.1, -0.05) is 0 Å². The molecule has 0 aliphatic heterocycles. The SMILES string of the molecule is COCCN(C)CCNCc1nncn1C. The number of aryl methyl sites for hydroxylation is 1. The van der Waals surface area contributed by atoms with Crippen LogP contribution in [-0.4, -0.2) is 60.1 Å². The molecule has 1 aromatic rings. The summed E-state index contributed by atoms with van der Waals surface area (Å²) >= 11 is 0.